The van der Waals surface area contributed by atoms with Crippen LogP contribution in [-0.4, -0.2) is 20.3 Å². The maximum Gasteiger partial charge on any atom is 0.0462 e. The molecule has 1 aromatic carbocycles. The molecule has 1 N–H and O–H groups in total. The molecular formula is C16H27NO. The average molecular weight is 249 g/mol. The molecule has 1 atom stereocenters. The van der Waals surface area contributed by atoms with Crippen LogP contribution in [0.25, 0.3) is 0 Å². The Kier molecular flexibility index (Phi) is 8.53. The molecule has 0 bridgehead atoms. The van der Waals surface area contributed by atoms with Gasteiger partial charge < -0.3 is 10.1 Å². The van der Waals surface area contributed by atoms with Gasteiger partial charge in [-0.3, -0.25) is 0 Å². The first-order chi connectivity index (χ1) is 8.88. The fourth-order valence-electron chi connectivity index (χ4n) is 2.27. The van der Waals surface area contributed by atoms with Crippen LogP contribution in [0.2, 0.25) is 0 Å². The second kappa shape index (κ2) is 10.1. The number of rotatable bonds is 10. The van der Waals surface area contributed by atoms with Gasteiger partial charge in [-0.1, -0.05) is 56.5 Å². The number of benzene rings is 1. The summed E-state index contributed by atoms with van der Waals surface area (Å²) in [4.78, 5) is 0. The second-order valence-corrected chi connectivity index (χ2v) is 4.72. The van der Waals surface area contributed by atoms with Gasteiger partial charge in [-0.25, -0.2) is 0 Å². The van der Waals surface area contributed by atoms with Crippen LogP contribution >= 0.6 is 0 Å². The van der Waals surface area contributed by atoms with Crippen molar-refractivity contribution in [3.8, 4) is 0 Å². The molecule has 0 saturated carbocycles. The lowest BCUT2D eigenvalue weighted by Gasteiger charge is -2.18. The van der Waals surface area contributed by atoms with E-state index in [9.17, 15) is 0 Å². The summed E-state index contributed by atoms with van der Waals surface area (Å²) in [5.74, 6) is 0. The smallest absolute Gasteiger partial charge is 0.0462 e. The number of unbranched alkanes of at least 4 members (excludes halogenated alkanes) is 3. The Labute approximate surface area is 112 Å². The third-order valence-electron chi connectivity index (χ3n) is 3.24. The normalized spacial score (nSPS) is 12.6. The molecule has 0 heterocycles. The van der Waals surface area contributed by atoms with Crippen LogP contribution in [0, 0.1) is 0 Å². The first-order valence-electron chi connectivity index (χ1n) is 7.15. The van der Waals surface area contributed by atoms with Gasteiger partial charge in [-0.05, 0) is 24.9 Å². The summed E-state index contributed by atoms with van der Waals surface area (Å²) in [6.45, 7) is 4.10. The molecule has 0 aliphatic rings. The first kappa shape index (κ1) is 15.2. The van der Waals surface area contributed by atoms with Crippen molar-refractivity contribution in [3.05, 3.63) is 35.9 Å². The number of ether oxygens (including phenoxy) is 1. The fraction of sp³-hybridized carbons (Fsp3) is 0.625. The highest BCUT2D eigenvalue weighted by Crippen LogP contribution is 2.19. The SMILES string of the molecule is CCNC(CCCCCCOC)c1ccccc1. The second-order valence-electron chi connectivity index (χ2n) is 4.72. The summed E-state index contributed by atoms with van der Waals surface area (Å²) >= 11 is 0. The number of hydrogen-bond acceptors (Lipinski definition) is 2. The molecule has 0 aliphatic carbocycles. The van der Waals surface area contributed by atoms with Crippen LogP contribution in [0.1, 0.15) is 50.6 Å². The van der Waals surface area contributed by atoms with Gasteiger partial charge in [0.15, 0.2) is 0 Å². The highest BCUT2D eigenvalue weighted by Gasteiger charge is 2.08. The molecule has 0 aliphatic heterocycles. The zero-order valence-electron chi connectivity index (χ0n) is 11.8. The van der Waals surface area contributed by atoms with E-state index in [1.54, 1.807) is 7.11 Å². The van der Waals surface area contributed by atoms with E-state index in [0.717, 1.165) is 13.2 Å². The van der Waals surface area contributed by atoms with Crippen LogP contribution < -0.4 is 5.32 Å². The van der Waals surface area contributed by atoms with Crippen molar-refractivity contribution in [2.24, 2.45) is 0 Å². The van der Waals surface area contributed by atoms with Crippen LogP contribution in [-0.2, 0) is 4.74 Å². The van der Waals surface area contributed by atoms with Crippen LogP contribution in [0.15, 0.2) is 30.3 Å². The molecular weight excluding hydrogens is 222 g/mol. The molecule has 2 nitrogen and oxygen atoms in total. The predicted molar refractivity (Wildman–Crippen MR) is 77.8 cm³/mol. The summed E-state index contributed by atoms with van der Waals surface area (Å²) in [5, 5.41) is 3.58. The summed E-state index contributed by atoms with van der Waals surface area (Å²) < 4.78 is 5.07. The van der Waals surface area contributed by atoms with Crippen molar-refractivity contribution in [3.63, 3.8) is 0 Å². The van der Waals surface area contributed by atoms with Crippen LogP contribution in [0.4, 0.5) is 0 Å². The van der Waals surface area contributed by atoms with E-state index in [2.05, 4.69) is 42.6 Å². The van der Waals surface area contributed by atoms with Gasteiger partial charge in [0.05, 0.1) is 0 Å². The molecule has 102 valence electrons. The average Bonchev–Trinajstić information content (AvgIpc) is 2.42. The Morgan fingerprint density at radius 3 is 2.44 bits per heavy atom. The molecule has 0 aromatic heterocycles. The van der Waals surface area contributed by atoms with E-state index in [4.69, 9.17) is 4.74 Å². The molecule has 1 unspecified atom stereocenters. The zero-order valence-corrected chi connectivity index (χ0v) is 11.8. The maximum absolute atomic E-state index is 5.07. The van der Waals surface area contributed by atoms with Crippen molar-refractivity contribution in [1.82, 2.24) is 5.32 Å². The summed E-state index contributed by atoms with van der Waals surface area (Å²) in [5.41, 5.74) is 1.41. The standard InChI is InChI=1S/C16H27NO/c1-3-17-16(15-11-7-6-8-12-15)13-9-4-5-10-14-18-2/h6-8,11-12,16-17H,3-5,9-10,13-14H2,1-2H3. The van der Waals surface area contributed by atoms with Gasteiger partial charge in [-0.15, -0.1) is 0 Å². The van der Waals surface area contributed by atoms with E-state index in [1.807, 2.05) is 0 Å². The lowest BCUT2D eigenvalue weighted by molar-refractivity contribution is 0.191. The molecule has 2 heteroatoms. The lowest BCUT2D eigenvalue weighted by Crippen LogP contribution is -2.20. The molecule has 0 spiro atoms. The minimum absolute atomic E-state index is 0.513. The third kappa shape index (κ3) is 6.18. The van der Waals surface area contributed by atoms with Crippen molar-refractivity contribution in [2.75, 3.05) is 20.3 Å². The fourth-order valence-corrected chi connectivity index (χ4v) is 2.27. The van der Waals surface area contributed by atoms with Crippen molar-refractivity contribution >= 4 is 0 Å². The van der Waals surface area contributed by atoms with Gasteiger partial charge in [0.1, 0.15) is 0 Å². The van der Waals surface area contributed by atoms with Crippen molar-refractivity contribution < 1.29 is 4.74 Å². The van der Waals surface area contributed by atoms with E-state index >= 15 is 0 Å². The summed E-state index contributed by atoms with van der Waals surface area (Å²) in [6, 6.07) is 11.3. The summed E-state index contributed by atoms with van der Waals surface area (Å²) in [6.07, 6.45) is 6.29. The van der Waals surface area contributed by atoms with Crippen molar-refractivity contribution in [1.29, 1.82) is 0 Å². The predicted octanol–water partition coefficient (Wildman–Crippen LogP) is 3.93. The Morgan fingerprint density at radius 1 is 1.06 bits per heavy atom. The third-order valence-corrected chi connectivity index (χ3v) is 3.24. The van der Waals surface area contributed by atoms with E-state index in [0.29, 0.717) is 6.04 Å². The van der Waals surface area contributed by atoms with Gasteiger partial charge in [0.2, 0.25) is 0 Å². The topological polar surface area (TPSA) is 21.3 Å². The van der Waals surface area contributed by atoms with Gasteiger partial charge in [0, 0.05) is 19.8 Å². The molecule has 1 rings (SSSR count). The van der Waals surface area contributed by atoms with Crippen LogP contribution in [0.3, 0.4) is 0 Å². The van der Waals surface area contributed by atoms with E-state index < -0.39 is 0 Å². The van der Waals surface area contributed by atoms with E-state index in [-0.39, 0.29) is 0 Å². The Hall–Kier alpha value is -0.860. The molecule has 0 fully saturated rings. The molecule has 0 radical (unpaired) electrons. The number of methoxy groups -OCH3 is 1. The highest BCUT2D eigenvalue weighted by atomic mass is 16.5. The Bertz CT molecular complexity index is 286. The Morgan fingerprint density at radius 2 is 1.78 bits per heavy atom. The molecule has 0 saturated heterocycles. The van der Waals surface area contributed by atoms with Crippen molar-refractivity contribution in [2.45, 2.75) is 45.1 Å². The molecule has 18 heavy (non-hydrogen) atoms. The number of hydrogen-bond donors (Lipinski definition) is 1. The largest absolute Gasteiger partial charge is 0.385 e. The minimum atomic E-state index is 0.513. The quantitative estimate of drug-likeness (QED) is 0.634. The highest BCUT2D eigenvalue weighted by molar-refractivity contribution is 5.18. The first-order valence-corrected chi connectivity index (χ1v) is 7.15. The monoisotopic (exact) mass is 249 g/mol. The lowest BCUT2D eigenvalue weighted by atomic mass is 10.00. The summed E-state index contributed by atoms with van der Waals surface area (Å²) in [7, 11) is 1.77. The van der Waals surface area contributed by atoms with Crippen LogP contribution in [0.5, 0.6) is 0 Å². The van der Waals surface area contributed by atoms with Gasteiger partial charge in [0.25, 0.3) is 0 Å². The zero-order chi connectivity index (χ0) is 13.1. The molecule has 0 amide bonds. The maximum atomic E-state index is 5.07. The van der Waals surface area contributed by atoms with Gasteiger partial charge >= 0.3 is 0 Å². The minimum Gasteiger partial charge on any atom is -0.385 e. The van der Waals surface area contributed by atoms with Gasteiger partial charge in [-0.2, -0.15) is 0 Å². The molecule has 1 aromatic rings. The number of nitrogens with one attached hydrogen (secondary N) is 1. The Balaban J connectivity index is 2.26. The van der Waals surface area contributed by atoms with E-state index in [1.165, 1.54) is 37.7 Å².